The summed E-state index contributed by atoms with van der Waals surface area (Å²) in [5.41, 5.74) is 6.12. The third-order valence-electron chi connectivity index (χ3n) is 6.70. The third-order valence-corrected chi connectivity index (χ3v) is 6.70. The van der Waals surface area contributed by atoms with Gasteiger partial charge >= 0.3 is 6.09 Å². The molecule has 2 N–H and O–H groups in total. The van der Waals surface area contributed by atoms with Gasteiger partial charge in [0.05, 0.1) is 11.6 Å². The summed E-state index contributed by atoms with van der Waals surface area (Å²) in [4.78, 5) is 22.7. The van der Waals surface area contributed by atoms with Crippen molar-refractivity contribution < 1.29 is 9.90 Å². The number of nitrogens with one attached hydrogen (secondary N) is 1. The minimum Gasteiger partial charge on any atom is -0.465 e. The van der Waals surface area contributed by atoms with Crippen LogP contribution in [0.3, 0.4) is 0 Å². The maximum absolute atomic E-state index is 11.9. The molecule has 4 rings (SSSR count). The molecule has 0 fully saturated rings. The van der Waals surface area contributed by atoms with Crippen molar-refractivity contribution in [1.82, 2.24) is 14.9 Å². The monoisotopic (exact) mass is 496 g/mol. The zero-order valence-electron chi connectivity index (χ0n) is 22.5. The minimum absolute atomic E-state index is 0.0902. The number of benzene rings is 3. The molecule has 3 aromatic carbocycles. The van der Waals surface area contributed by atoms with Crippen LogP contribution in [0.5, 0.6) is 0 Å². The Kier molecular flexibility index (Phi) is 7.48. The van der Waals surface area contributed by atoms with Crippen LogP contribution >= 0.6 is 0 Å². The average Bonchev–Trinajstić information content (AvgIpc) is 2.83. The van der Waals surface area contributed by atoms with Crippen LogP contribution in [0.1, 0.15) is 57.4 Å². The van der Waals surface area contributed by atoms with Gasteiger partial charge in [-0.25, -0.2) is 14.8 Å². The van der Waals surface area contributed by atoms with Crippen LogP contribution in [0.25, 0.3) is 22.0 Å². The normalized spacial score (nSPS) is 13.2. The quantitative estimate of drug-likeness (QED) is 0.277. The fraction of sp³-hybridized carbons (Fsp3) is 0.323. The average molecular weight is 497 g/mol. The Morgan fingerprint density at radius 3 is 2.49 bits per heavy atom. The molecule has 1 aromatic heterocycles. The second-order valence-electron chi connectivity index (χ2n) is 10.8. The first-order valence-corrected chi connectivity index (χ1v) is 12.7. The maximum atomic E-state index is 11.9. The van der Waals surface area contributed by atoms with Crippen LogP contribution in [-0.2, 0) is 6.42 Å². The number of amides is 1. The second-order valence-corrected chi connectivity index (χ2v) is 10.8. The van der Waals surface area contributed by atoms with E-state index in [1.807, 2.05) is 52.1 Å². The molecular formula is C31H36N4O2. The Bertz CT molecular complexity index is 1410. The SMILES string of the molecule is Cc1ccccc1-c1ccc2nc(NC(C)Cc3cccc(C(C)N(C(=O)O)C(C)(C)C)c3)ncc2c1. The van der Waals surface area contributed by atoms with E-state index in [1.165, 1.54) is 16.0 Å². The van der Waals surface area contributed by atoms with E-state index in [0.29, 0.717) is 5.95 Å². The van der Waals surface area contributed by atoms with E-state index >= 15 is 0 Å². The Hall–Kier alpha value is -3.93. The molecule has 0 aliphatic carbocycles. The lowest BCUT2D eigenvalue weighted by atomic mass is 9.97. The van der Waals surface area contributed by atoms with E-state index in [1.54, 1.807) is 0 Å². The molecule has 0 saturated heterocycles. The van der Waals surface area contributed by atoms with E-state index in [0.717, 1.165) is 34.0 Å². The molecule has 2 atom stereocenters. The highest BCUT2D eigenvalue weighted by atomic mass is 16.4. The molecule has 1 amide bonds. The lowest BCUT2D eigenvalue weighted by Crippen LogP contribution is -2.46. The highest BCUT2D eigenvalue weighted by Crippen LogP contribution is 2.29. The van der Waals surface area contributed by atoms with Gasteiger partial charge in [0.1, 0.15) is 0 Å². The number of carbonyl (C=O) groups is 1. The first-order chi connectivity index (χ1) is 17.5. The van der Waals surface area contributed by atoms with Gasteiger partial charge in [-0.1, -0.05) is 54.6 Å². The largest absolute Gasteiger partial charge is 0.465 e. The Labute approximate surface area is 219 Å². The van der Waals surface area contributed by atoms with Gasteiger partial charge in [-0.15, -0.1) is 0 Å². The van der Waals surface area contributed by atoms with E-state index in [4.69, 9.17) is 4.98 Å². The van der Waals surface area contributed by atoms with Crippen LogP contribution in [0, 0.1) is 6.92 Å². The van der Waals surface area contributed by atoms with Crippen LogP contribution in [0.15, 0.2) is 72.9 Å². The van der Waals surface area contributed by atoms with Crippen molar-refractivity contribution in [2.45, 2.75) is 65.6 Å². The first kappa shape index (κ1) is 26.1. The minimum atomic E-state index is -0.917. The molecule has 4 aromatic rings. The Balaban J connectivity index is 1.47. The zero-order chi connectivity index (χ0) is 26.7. The van der Waals surface area contributed by atoms with E-state index in [2.05, 4.69) is 72.7 Å². The molecular weight excluding hydrogens is 460 g/mol. The predicted octanol–water partition coefficient (Wildman–Crippen LogP) is 7.49. The highest BCUT2D eigenvalue weighted by Gasteiger charge is 2.31. The third kappa shape index (κ3) is 6.08. The summed E-state index contributed by atoms with van der Waals surface area (Å²) >= 11 is 0. The van der Waals surface area contributed by atoms with E-state index in [9.17, 15) is 9.90 Å². The number of rotatable bonds is 7. The number of hydrogen-bond donors (Lipinski definition) is 2. The van der Waals surface area contributed by atoms with Crippen LogP contribution < -0.4 is 5.32 Å². The molecule has 6 heteroatoms. The van der Waals surface area contributed by atoms with Crippen LogP contribution in [-0.4, -0.2) is 37.6 Å². The molecule has 192 valence electrons. The topological polar surface area (TPSA) is 78.4 Å². The zero-order valence-corrected chi connectivity index (χ0v) is 22.5. The number of anilines is 1. The van der Waals surface area contributed by atoms with Crippen molar-refractivity contribution in [3.63, 3.8) is 0 Å². The lowest BCUT2D eigenvalue weighted by Gasteiger charge is -2.38. The maximum Gasteiger partial charge on any atom is 0.408 e. The molecule has 1 heterocycles. The number of fused-ring (bicyclic) bond motifs is 1. The standard InChI is InChI=1S/C31H36N4O2/c1-20-10-7-8-13-27(20)25-14-15-28-26(18-25)19-32-29(34-28)33-21(2)16-23-11-9-12-24(17-23)22(3)35(30(36)37)31(4,5)6/h7-15,17-19,21-22H,16H2,1-6H3,(H,36,37)(H,32,33,34). The summed E-state index contributed by atoms with van der Waals surface area (Å²) in [6, 6.07) is 22.6. The number of aryl methyl sites for hydroxylation is 1. The number of hydrogen-bond acceptors (Lipinski definition) is 4. The predicted molar refractivity (Wildman–Crippen MR) is 151 cm³/mol. The van der Waals surface area contributed by atoms with Gasteiger partial charge in [0.25, 0.3) is 0 Å². The molecule has 0 spiro atoms. The van der Waals surface area contributed by atoms with Gasteiger partial charge in [0, 0.05) is 23.2 Å². The van der Waals surface area contributed by atoms with Crippen molar-refractivity contribution in [2.75, 3.05) is 5.32 Å². The molecule has 0 saturated carbocycles. The van der Waals surface area contributed by atoms with Gasteiger partial charge in [-0.2, -0.15) is 0 Å². The van der Waals surface area contributed by atoms with Crippen molar-refractivity contribution in [2.24, 2.45) is 0 Å². The first-order valence-electron chi connectivity index (χ1n) is 12.7. The molecule has 0 radical (unpaired) electrons. The van der Waals surface area contributed by atoms with E-state index < -0.39 is 11.6 Å². The van der Waals surface area contributed by atoms with E-state index in [-0.39, 0.29) is 12.1 Å². The summed E-state index contributed by atoms with van der Waals surface area (Å²) < 4.78 is 0. The van der Waals surface area contributed by atoms with Crippen molar-refractivity contribution in [3.05, 3.63) is 89.6 Å². The molecule has 6 nitrogen and oxygen atoms in total. The Morgan fingerprint density at radius 1 is 1.03 bits per heavy atom. The summed E-state index contributed by atoms with van der Waals surface area (Å²) in [7, 11) is 0. The molecule has 37 heavy (non-hydrogen) atoms. The lowest BCUT2D eigenvalue weighted by molar-refractivity contribution is 0.0752. The fourth-order valence-corrected chi connectivity index (χ4v) is 4.95. The number of carboxylic acid groups (broad SMARTS) is 1. The summed E-state index contributed by atoms with van der Waals surface area (Å²) in [6.45, 7) is 11.9. The molecule has 0 bridgehead atoms. The molecule has 0 aliphatic heterocycles. The number of aromatic nitrogens is 2. The van der Waals surface area contributed by atoms with Crippen LogP contribution in [0.4, 0.5) is 10.7 Å². The van der Waals surface area contributed by atoms with Gasteiger partial charge in [0.15, 0.2) is 0 Å². The number of nitrogens with zero attached hydrogens (tertiary/aromatic N) is 3. The summed E-state index contributed by atoms with van der Waals surface area (Å²) in [6.07, 6.45) is 1.71. The van der Waals surface area contributed by atoms with Gasteiger partial charge < -0.3 is 10.4 Å². The van der Waals surface area contributed by atoms with Crippen molar-refractivity contribution in [1.29, 1.82) is 0 Å². The van der Waals surface area contributed by atoms with Crippen molar-refractivity contribution in [3.8, 4) is 11.1 Å². The van der Waals surface area contributed by atoms with Gasteiger partial charge in [-0.3, -0.25) is 4.90 Å². The van der Waals surface area contributed by atoms with Crippen molar-refractivity contribution >= 4 is 22.9 Å². The molecule has 2 unspecified atom stereocenters. The Morgan fingerprint density at radius 2 is 1.78 bits per heavy atom. The summed E-state index contributed by atoms with van der Waals surface area (Å²) in [5.74, 6) is 0.595. The van der Waals surface area contributed by atoms with Gasteiger partial charge in [-0.05, 0) is 87.9 Å². The smallest absolute Gasteiger partial charge is 0.408 e. The fourth-order valence-electron chi connectivity index (χ4n) is 4.95. The molecule has 0 aliphatic rings. The second kappa shape index (κ2) is 10.6. The van der Waals surface area contributed by atoms with Crippen LogP contribution in [0.2, 0.25) is 0 Å². The highest BCUT2D eigenvalue weighted by molar-refractivity contribution is 5.85. The van der Waals surface area contributed by atoms with Gasteiger partial charge in [0.2, 0.25) is 5.95 Å². The summed E-state index contributed by atoms with van der Waals surface area (Å²) in [5, 5.41) is 14.2.